The lowest BCUT2D eigenvalue weighted by atomic mass is 10.2. The highest BCUT2D eigenvalue weighted by molar-refractivity contribution is 7.14. The molecule has 1 unspecified atom stereocenters. The summed E-state index contributed by atoms with van der Waals surface area (Å²) in [4.78, 5) is 31.4. The first kappa shape index (κ1) is 14.1. The Morgan fingerprint density at radius 1 is 1.37 bits per heavy atom. The number of aromatic carboxylic acids is 1. The van der Waals surface area contributed by atoms with Crippen LogP contribution in [0.25, 0.3) is 0 Å². The van der Waals surface area contributed by atoms with Crippen LogP contribution >= 0.6 is 11.3 Å². The number of hydrogen-bond donors (Lipinski definition) is 1. The summed E-state index contributed by atoms with van der Waals surface area (Å²) in [6.07, 6.45) is 0. The van der Waals surface area contributed by atoms with Crippen LogP contribution in [0.1, 0.15) is 38.1 Å². The summed E-state index contributed by atoms with van der Waals surface area (Å²) in [6, 6.07) is 0.0509. The standard InChI is InChI=1S/C12H17N3O3S/c1-7(16)10-9(12(17)18)13-11(19-10)8-6-14(2)4-5-15(8)3/h8H,4-6H2,1-3H3,(H,17,18). The first-order valence-electron chi connectivity index (χ1n) is 6.04. The summed E-state index contributed by atoms with van der Waals surface area (Å²) in [6.45, 7) is 4.04. The molecule has 2 rings (SSSR count). The first-order valence-corrected chi connectivity index (χ1v) is 6.85. The third kappa shape index (κ3) is 2.83. The number of piperazine rings is 1. The zero-order valence-corrected chi connectivity index (χ0v) is 12.0. The van der Waals surface area contributed by atoms with Crippen LogP contribution in [-0.2, 0) is 0 Å². The SMILES string of the molecule is CC(=O)c1sc(C2CN(C)CCN2C)nc1C(=O)O. The highest BCUT2D eigenvalue weighted by atomic mass is 32.1. The van der Waals surface area contributed by atoms with Crippen molar-refractivity contribution in [3.63, 3.8) is 0 Å². The number of carboxylic acid groups (broad SMARTS) is 1. The first-order chi connectivity index (χ1) is 8.90. The Labute approximate surface area is 115 Å². The van der Waals surface area contributed by atoms with Crippen molar-refractivity contribution in [3.8, 4) is 0 Å². The number of ketones is 1. The lowest BCUT2D eigenvalue weighted by molar-refractivity contribution is 0.0685. The average molecular weight is 283 g/mol. The number of aromatic nitrogens is 1. The summed E-state index contributed by atoms with van der Waals surface area (Å²) < 4.78 is 0. The zero-order chi connectivity index (χ0) is 14.2. The Balaban J connectivity index is 2.37. The molecule has 0 radical (unpaired) electrons. The third-order valence-electron chi connectivity index (χ3n) is 3.30. The largest absolute Gasteiger partial charge is 0.476 e. The molecule has 0 spiro atoms. The molecule has 1 aliphatic heterocycles. The van der Waals surface area contributed by atoms with E-state index in [0.29, 0.717) is 5.01 Å². The second-order valence-electron chi connectivity index (χ2n) is 4.85. The Bertz CT molecular complexity index is 483. The van der Waals surface area contributed by atoms with Crippen molar-refractivity contribution in [2.45, 2.75) is 13.0 Å². The highest BCUT2D eigenvalue weighted by Gasteiger charge is 2.29. The van der Waals surface area contributed by atoms with Gasteiger partial charge in [0.05, 0.1) is 6.04 Å². The molecule has 0 aliphatic carbocycles. The molecule has 0 aromatic carbocycles. The fourth-order valence-corrected chi connectivity index (χ4v) is 3.25. The number of thiazole rings is 1. The molecule has 19 heavy (non-hydrogen) atoms. The van der Waals surface area contributed by atoms with E-state index in [4.69, 9.17) is 5.11 Å². The molecule has 7 heteroatoms. The molecule has 1 aromatic rings. The number of carboxylic acids is 1. The number of likely N-dealkylation sites (N-methyl/N-ethyl adjacent to an activating group) is 2. The predicted octanol–water partition coefficient (Wildman–Crippen LogP) is 0.962. The van der Waals surface area contributed by atoms with Gasteiger partial charge in [-0.25, -0.2) is 9.78 Å². The topological polar surface area (TPSA) is 73.7 Å². The zero-order valence-electron chi connectivity index (χ0n) is 11.2. The van der Waals surface area contributed by atoms with E-state index in [0.717, 1.165) is 19.6 Å². The number of rotatable bonds is 3. The van der Waals surface area contributed by atoms with Crippen LogP contribution in [0, 0.1) is 0 Å². The van der Waals surface area contributed by atoms with Gasteiger partial charge in [0, 0.05) is 26.6 Å². The van der Waals surface area contributed by atoms with Gasteiger partial charge in [-0.2, -0.15) is 0 Å². The van der Waals surface area contributed by atoms with E-state index in [1.807, 2.05) is 14.1 Å². The van der Waals surface area contributed by atoms with Crippen LogP contribution < -0.4 is 0 Å². The normalized spacial score (nSPS) is 21.5. The molecule has 104 valence electrons. The van der Waals surface area contributed by atoms with E-state index in [1.165, 1.54) is 18.3 Å². The van der Waals surface area contributed by atoms with Gasteiger partial charge in [0.15, 0.2) is 11.5 Å². The van der Waals surface area contributed by atoms with Crippen LogP contribution in [0.4, 0.5) is 0 Å². The van der Waals surface area contributed by atoms with Crippen LogP contribution in [0.2, 0.25) is 0 Å². The van der Waals surface area contributed by atoms with Gasteiger partial charge in [-0.15, -0.1) is 11.3 Å². The lowest BCUT2D eigenvalue weighted by Crippen LogP contribution is -2.44. The fourth-order valence-electron chi connectivity index (χ4n) is 2.14. The van der Waals surface area contributed by atoms with E-state index in [1.54, 1.807) is 0 Å². The summed E-state index contributed by atoms with van der Waals surface area (Å²) in [5.41, 5.74) is -0.117. The third-order valence-corrected chi connectivity index (χ3v) is 4.56. The van der Waals surface area contributed by atoms with Crippen molar-refractivity contribution in [1.29, 1.82) is 0 Å². The molecule has 1 aliphatic rings. The summed E-state index contributed by atoms with van der Waals surface area (Å²) in [7, 11) is 4.02. The van der Waals surface area contributed by atoms with Crippen molar-refractivity contribution >= 4 is 23.1 Å². The number of Topliss-reactive ketones (excluding diaryl/α,β-unsaturated/α-hetero) is 1. The Hall–Kier alpha value is -1.31. The summed E-state index contributed by atoms with van der Waals surface area (Å²) in [5, 5.41) is 9.82. The minimum absolute atomic E-state index is 0.0509. The molecule has 2 heterocycles. The van der Waals surface area contributed by atoms with Crippen molar-refractivity contribution in [1.82, 2.24) is 14.8 Å². The van der Waals surface area contributed by atoms with Crippen LogP contribution in [-0.4, -0.2) is 65.4 Å². The van der Waals surface area contributed by atoms with Gasteiger partial charge in [0.25, 0.3) is 0 Å². The molecule has 1 atom stereocenters. The molecule has 1 fully saturated rings. The maximum Gasteiger partial charge on any atom is 0.356 e. The molecular formula is C12H17N3O3S. The predicted molar refractivity (Wildman–Crippen MR) is 71.9 cm³/mol. The fraction of sp³-hybridized carbons (Fsp3) is 0.583. The summed E-state index contributed by atoms with van der Waals surface area (Å²) in [5.74, 6) is -1.38. The molecule has 1 aromatic heterocycles. The Morgan fingerprint density at radius 2 is 2.05 bits per heavy atom. The number of hydrogen-bond acceptors (Lipinski definition) is 6. The number of nitrogens with zero attached hydrogens (tertiary/aromatic N) is 3. The quantitative estimate of drug-likeness (QED) is 0.833. The molecule has 6 nitrogen and oxygen atoms in total. The van der Waals surface area contributed by atoms with E-state index in [2.05, 4.69) is 14.8 Å². The van der Waals surface area contributed by atoms with Crippen molar-refractivity contribution in [2.75, 3.05) is 33.7 Å². The minimum atomic E-state index is -1.14. The highest BCUT2D eigenvalue weighted by Crippen LogP contribution is 2.29. The van der Waals surface area contributed by atoms with Gasteiger partial charge in [0.1, 0.15) is 9.88 Å². The molecule has 0 saturated carbocycles. The maximum absolute atomic E-state index is 11.5. The number of carbonyl (C=O) groups excluding carboxylic acids is 1. The van der Waals surface area contributed by atoms with Crippen molar-refractivity contribution in [2.24, 2.45) is 0 Å². The average Bonchev–Trinajstić information content (AvgIpc) is 2.77. The molecule has 0 bridgehead atoms. The van der Waals surface area contributed by atoms with E-state index >= 15 is 0 Å². The van der Waals surface area contributed by atoms with Gasteiger partial charge in [-0.05, 0) is 14.1 Å². The second-order valence-corrected chi connectivity index (χ2v) is 5.88. The van der Waals surface area contributed by atoms with E-state index in [-0.39, 0.29) is 22.4 Å². The van der Waals surface area contributed by atoms with E-state index < -0.39 is 5.97 Å². The van der Waals surface area contributed by atoms with Gasteiger partial charge >= 0.3 is 5.97 Å². The Kier molecular flexibility index (Phi) is 3.98. The van der Waals surface area contributed by atoms with Gasteiger partial charge in [-0.1, -0.05) is 0 Å². The second kappa shape index (κ2) is 5.36. The van der Waals surface area contributed by atoms with Gasteiger partial charge in [0.2, 0.25) is 0 Å². The smallest absolute Gasteiger partial charge is 0.356 e. The monoisotopic (exact) mass is 283 g/mol. The lowest BCUT2D eigenvalue weighted by Gasteiger charge is -2.36. The molecular weight excluding hydrogens is 266 g/mol. The molecule has 0 amide bonds. The van der Waals surface area contributed by atoms with Crippen molar-refractivity contribution in [3.05, 3.63) is 15.6 Å². The maximum atomic E-state index is 11.5. The van der Waals surface area contributed by atoms with Crippen LogP contribution in [0.3, 0.4) is 0 Å². The minimum Gasteiger partial charge on any atom is -0.476 e. The van der Waals surface area contributed by atoms with Crippen LogP contribution in [0.15, 0.2) is 0 Å². The van der Waals surface area contributed by atoms with Crippen molar-refractivity contribution < 1.29 is 14.7 Å². The molecule has 1 saturated heterocycles. The summed E-state index contributed by atoms with van der Waals surface area (Å²) >= 11 is 1.20. The van der Waals surface area contributed by atoms with Gasteiger partial charge < -0.3 is 10.0 Å². The van der Waals surface area contributed by atoms with Crippen LogP contribution in [0.5, 0.6) is 0 Å². The Morgan fingerprint density at radius 3 is 2.58 bits per heavy atom. The van der Waals surface area contributed by atoms with E-state index in [9.17, 15) is 9.59 Å². The molecule has 1 N–H and O–H groups in total. The number of carbonyl (C=O) groups is 2. The van der Waals surface area contributed by atoms with Gasteiger partial charge in [-0.3, -0.25) is 9.69 Å².